The van der Waals surface area contributed by atoms with Gasteiger partial charge in [-0.2, -0.15) is 13.2 Å². The second kappa shape index (κ2) is 9.86. The fourth-order valence-corrected chi connectivity index (χ4v) is 2.49. The third-order valence-corrected chi connectivity index (χ3v) is 4.05. The molecule has 0 saturated carbocycles. The van der Waals surface area contributed by atoms with Crippen LogP contribution in [-0.2, 0) is 15.7 Å². The maximum atomic E-state index is 12.7. The highest BCUT2D eigenvalue weighted by Crippen LogP contribution is 2.34. The number of amides is 1. The number of methoxy groups -OCH3 is 1. The van der Waals surface area contributed by atoms with E-state index in [1.807, 2.05) is 0 Å². The Kier molecular flexibility index (Phi) is 7.79. The minimum atomic E-state index is -4.53. The number of hydrogen-bond donors (Lipinski definition) is 1. The van der Waals surface area contributed by atoms with Crippen LogP contribution in [0.3, 0.4) is 0 Å². The Morgan fingerprint density at radius 3 is 2.43 bits per heavy atom. The average molecular weight is 438 g/mol. The van der Waals surface area contributed by atoms with E-state index in [0.29, 0.717) is 0 Å². The molecule has 10 heteroatoms. The van der Waals surface area contributed by atoms with E-state index in [-0.39, 0.29) is 34.9 Å². The normalized spacial score (nSPS) is 12.4. The first-order chi connectivity index (χ1) is 13.2. The lowest BCUT2D eigenvalue weighted by Gasteiger charge is -2.20. The molecule has 1 N–H and O–H groups in total. The molecule has 1 atom stereocenters. The van der Waals surface area contributed by atoms with Gasteiger partial charge in [0.1, 0.15) is 24.8 Å². The number of ether oxygens (including phenoxy) is 3. The summed E-state index contributed by atoms with van der Waals surface area (Å²) in [6, 6.07) is 9.14. The summed E-state index contributed by atoms with van der Waals surface area (Å²) >= 11 is 11.9. The summed E-state index contributed by atoms with van der Waals surface area (Å²) in [6.45, 7) is -0.395. The Labute approximate surface area is 169 Å². The van der Waals surface area contributed by atoms with Crippen molar-refractivity contribution in [1.29, 1.82) is 0 Å². The molecule has 28 heavy (non-hydrogen) atoms. The van der Waals surface area contributed by atoms with Gasteiger partial charge in [0.05, 0.1) is 15.6 Å². The first-order valence-electron chi connectivity index (χ1n) is 7.89. The topological polar surface area (TPSA) is 56.8 Å². The van der Waals surface area contributed by atoms with E-state index in [0.717, 1.165) is 18.2 Å². The van der Waals surface area contributed by atoms with Crippen molar-refractivity contribution in [1.82, 2.24) is 5.32 Å². The molecule has 0 aliphatic carbocycles. The van der Waals surface area contributed by atoms with Gasteiger partial charge in [0.25, 0.3) is 5.91 Å². The van der Waals surface area contributed by atoms with Crippen LogP contribution in [0.2, 0.25) is 10.0 Å². The summed E-state index contributed by atoms with van der Waals surface area (Å²) < 4.78 is 54.0. The predicted octanol–water partition coefficient (Wildman–Crippen LogP) is 4.56. The quantitative estimate of drug-likeness (QED) is 0.615. The molecule has 0 aliphatic rings. The lowest BCUT2D eigenvalue weighted by atomic mass is 10.2. The van der Waals surface area contributed by atoms with Crippen LogP contribution in [0.25, 0.3) is 0 Å². The second-order valence-electron chi connectivity index (χ2n) is 5.46. The first kappa shape index (κ1) is 22.1. The van der Waals surface area contributed by atoms with Crippen LogP contribution in [0.15, 0.2) is 42.5 Å². The van der Waals surface area contributed by atoms with Crippen molar-refractivity contribution in [2.75, 3.05) is 20.4 Å². The molecule has 0 bridgehead atoms. The maximum Gasteiger partial charge on any atom is 0.416 e. The fourth-order valence-electron chi connectivity index (χ4n) is 2.07. The van der Waals surface area contributed by atoms with Gasteiger partial charge in [-0.25, -0.2) is 0 Å². The average Bonchev–Trinajstić information content (AvgIpc) is 2.64. The smallest absolute Gasteiger partial charge is 0.416 e. The molecule has 5 nitrogen and oxygen atoms in total. The van der Waals surface area contributed by atoms with Crippen molar-refractivity contribution in [2.24, 2.45) is 0 Å². The molecular formula is C18H16Cl2F3NO4. The predicted molar refractivity (Wildman–Crippen MR) is 97.8 cm³/mol. The SMILES string of the molecule is COCNC(=O)C(COc1ccc(C(F)(F)F)cc1Cl)Oc1ccccc1Cl. The second-order valence-corrected chi connectivity index (χ2v) is 6.28. The van der Waals surface area contributed by atoms with E-state index in [1.54, 1.807) is 24.3 Å². The highest BCUT2D eigenvalue weighted by molar-refractivity contribution is 6.32. The monoisotopic (exact) mass is 437 g/mol. The van der Waals surface area contributed by atoms with E-state index in [9.17, 15) is 18.0 Å². The fraction of sp³-hybridized carbons (Fsp3) is 0.278. The first-order valence-corrected chi connectivity index (χ1v) is 8.65. The summed E-state index contributed by atoms with van der Waals surface area (Å²) in [5, 5.41) is 2.49. The van der Waals surface area contributed by atoms with Crippen molar-refractivity contribution in [3.8, 4) is 11.5 Å². The number of benzene rings is 2. The largest absolute Gasteiger partial charge is 0.488 e. The number of hydrogen-bond acceptors (Lipinski definition) is 4. The van der Waals surface area contributed by atoms with Crippen molar-refractivity contribution in [3.05, 3.63) is 58.1 Å². The van der Waals surface area contributed by atoms with Gasteiger partial charge >= 0.3 is 6.18 Å². The van der Waals surface area contributed by atoms with Crippen LogP contribution in [0.5, 0.6) is 11.5 Å². The van der Waals surface area contributed by atoms with E-state index in [2.05, 4.69) is 5.32 Å². The number of alkyl halides is 3. The molecule has 0 saturated heterocycles. The molecule has 2 aromatic rings. The van der Waals surface area contributed by atoms with Gasteiger partial charge < -0.3 is 19.5 Å². The molecule has 152 valence electrons. The van der Waals surface area contributed by atoms with Crippen molar-refractivity contribution < 1.29 is 32.2 Å². The van der Waals surface area contributed by atoms with Crippen LogP contribution in [0.4, 0.5) is 13.2 Å². The third kappa shape index (κ3) is 6.19. The van der Waals surface area contributed by atoms with Gasteiger partial charge in [-0.1, -0.05) is 35.3 Å². The maximum absolute atomic E-state index is 12.7. The number of carbonyl (C=O) groups excluding carboxylic acids is 1. The molecule has 0 fully saturated rings. The van der Waals surface area contributed by atoms with Gasteiger partial charge in [-0.3, -0.25) is 4.79 Å². The summed E-state index contributed by atoms with van der Waals surface area (Å²) in [5.74, 6) is -0.351. The molecule has 2 aromatic carbocycles. The summed E-state index contributed by atoms with van der Waals surface area (Å²) in [6.07, 6.45) is -5.69. The molecule has 0 heterocycles. The Morgan fingerprint density at radius 1 is 1.11 bits per heavy atom. The van der Waals surface area contributed by atoms with Gasteiger partial charge in [-0.05, 0) is 30.3 Å². The van der Waals surface area contributed by atoms with E-state index < -0.39 is 23.8 Å². The van der Waals surface area contributed by atoms with Crippen LogP contribution in [0, 0.1) is 0 Å². The van der Waals surface area contributed by atoms with Crippen LogP contribution < -0.4 is 14.8 Å². The zero-order chi connectivity index (χ0) is 20.7. The van der Waals surface area contributed by atoms with Gasteiger partial charge in [0.2, 0.25) is 6.10 Å². The zero-order valence-corrected chi connectivity index (χ0v) is 16.1. The lowest BCUT2D eigenvalue weighted by Crippen LogP contribution is -2.43. The highest BCUT2D eigenvalue weighted by atomic mass is 35.5. The summed E-state index contributed by atoms with van der Waals surface area (Å²) in [7, 11) is 1.39. The number of para-hydroxylation sites is 1. The van der Waals surface area contributed by atoms with Gasteiger partial charge in [0, 0.05) is 7.11 Å². The van der Waals surface area contributed by atoms with Crippen LogP contribution in [0.1, 0.15) is 5.56 Å². The third-order valence-electron chi connectivity index (χ3n) is 3.44. The Balaban J connectivity index is 2.14. The van der Waals surface area contributed by atoms with Crippen molar-refractivity contribution >= 4 is 29.1 Å². The number of halogens is 5. The molecule has 1 unspecified atom stereocenters. The Morgan fingerprint density at radius 2 is 1.82 bits per heavy atom. The number of nitrogens with one attached hydrogen (secondary N) is 1. The lowest BCUT2D eigenvalue weighted by molar-refractivity contribution is -0.137. The van der Waals surface area contributed by atoms with Crippen LogP contribution in [-0.4, -0.2) is 32.5 Å². The van der Waals surface area contributed by atoms with E-state index in [4.69, 9.17) is 37.4 Å². The number of rotatable bonds is 8. The molecule has 1 amide bonds. The minimum absolute atomic E-state index is 0.0260. The van der Waals surface area contributed by atoms with Crippen molar-refractivity contribution in [3.63, 3.8) is 0 Å². The molecule has 0 aliphatic heterocycles. The molecule has 0 radical (unpaired) electrons. The minimum Gasteiger partial charge on any atom is -0.488 e. The van der Waals surface area contributed by atoms with E-state index in [1.165, 1.54) is 7.11 Å². The zero-order valence-electron chi connectivity index (χ0n) is 14.6. The number of carbonyl (C=O) groups is 1. The summed E-state index contributed by atoms with van der Waals surface area (Å²) in [4.78, 5) is 12.3. The van der Waals surface area contributed by atoms with Gasteiger partial charge in [-0.15, -0.1) is 0 Å². The molecule has 0 spiro atoms. The van der Waals surface area contributed by atoms with Crippen LogP contribution >= 0.6 is 23.2 Å². The van der Waals surface area contributed by atoms with Crippen molar-refractivity contribution in [2.45, 2.75) is 12.3 Å². The summed E-state index contributed by atoms with van der Waals surface area (Å²) in [5.41, 5.74) is -0.911. The Bertz CT molecular complexity index is 818. The molecule has 0 aromatic heterocycles. The Hall–Kier alpha value is -2.16. The molecular weight excluding hydrogens is 422 g/mol. The highest BCUT2D eigenvalue weighted by Gasteiger charge is 2.31. The molecule has 2 rings (SSSR count). The standard InChI is InChI=1S/C18H16Cl2F3NO4/c1-26-10-24-17(25)16(28-15-5-3-2-4-12(15)19)9-27-14-7-6-11(8-13(14)20)18(21,22)23/h2-8,16H,9-10H2,1H3,(H,24,25). The van der Waals surface area contributed by atoms with Gasteiger partial charge in [0.15, 0.2) is 0 Å². The van der Waals surface area contributed by atoms with E-state index >= 15 is 0 Å².